The summed E-state index contributed by atoms with van der Waals surface area (Å²) in [5, 5.41) is 13.3. The maximum absolute atomic E-state index is 12.4. The first kappa shape index (κ1) is 21.3. The average Bonchev–Trinajstić information content (AvgIpc) is 2.72. The molecule has 1 aliphatic rings. The van der Waals surface area contributed by atoms with Gasteiger partial charge >= 0.3 is 0 Å². The quantitative estimate of drug-likeness (QED) is 0.716. The summed E-state index contributed by atoms with van der Waals surface area (Å²) >= 11 is 0. The van der Waals surface area contributed by atoms with Gasteiger partial charge in [-0.15, -0.1) is 0 Å². The molecule has 3 rings (SSSR count). The molecule has 0 saturated carbocycles. The van der Waals surface area contributed by atoms with Crippen molar-refractivity contribution >= 4 is 11.6 Å². The van der Waals surface area contributed by atoms with Gasteiger partial charge in [0.1, 0.15) is 18.5 Å². The third-order valence-electron chi connectivity index (χ3n) is 5.23. The Hall–Kier alpha value is -2.41. The molecule has 1 atom stereocenters. The normalized spacial score (nSPS) is 16.4. The van der Waals surface area contributed by atoms with Gasteiger partial charge < -0.3 is 15.2 Å². The van der Waals surface area contributed by atoms with Crippen molar-refractivity contribution in [2.24, 2.45) is 0 Å². The fourth-order valence-electron chi connectivity index (χ4n) is 3.58. The maximum atomic E-state index is 12.4. The molecule has 1 unspecified atom stereocenters. The van der Waals surface area contributed by atoms with Gasteiger partial charge in [-0.05, 0) is 37.1 Å². The number of benzene rings is 2. The van der Waals surface area contributed by atoms with E-state index in [1.54, 1.807) is 0 Å². The van der Waals surface area contributed by atoms with E-state index in [2.05, 4.69) is 15.1 Å². The zero-order valence-corrected chi connectivity index (χ0v) is 17.3. The number of ether oxygens (including phenoxy) is 1. The molecule has 1 saturated heterocycles. The first-order valence-electron chi connectivity index (χ1n) is 10.2. The number of nitrogens with one attached hydrogen (secondary N) is 1. The molecule has 0 spiro atoms. The Bertz CT molecular complexity index is 769. The van der Waals surface area contributed by atoms with Crippen LogP contribution in [0.15, 0.2) is 48.5 Å². The number of hydrogen-bond donors (Lipinski definition) is 2. The molecule has 0 radical (unpaired) electrons. The lowest BCUT2D eigenvalue weighted by molar-refractivity contribution is -0.117. The summed E-state index contributed by atoms with van der Waals surface area (Å²) in [5.41, 5.74) is 3.07. The lowest BCUT2D eigenvalue weighted by Gasteiger charge is -2.35. The Morgan fingerprint density at radius 1 is 1.00 bits per heavy atom. The van der Waals surface area contributed by atoms with Crippen LogP contribution in [-0.4, -0.2) is 72.8 Å². The van der Waals surface area contributed by atoms with Crippen LogP contribution < -0.4 is 10.1 Å². The largest absolute Gasteiger partial charge is 0.491 e. The van der Waals surface area contributed by atoms with E-state index in [0.29, 0.717) is 13.1 Å². The molecule has 1 fully saturated rings. The van der Waals surface area contributed by atoms with Crippen LogP contribution in [0.25, 0.3) is 0 Å². The van der Waals surface area contributed by atoms with Crippen molar-refractivity contribution in [3.63, 3.8) is 0 Å². The molecular formula is C23H31N3O3. The van der Waals surface area contributed by atoms with Crippen molar-refractivity contribution in [2.45, 2.75) is 20.0 Å². The van der Waals surface area contributed by atoms with E-state index in [1.807, 2.05) is 62.4 Å². The lowest BCUT2D eigenvalue weighted by atomic mass is 10.1. The number of aryl methyl sites for hydroxylation is 2. The molecule has 0 bridgehead atoms. The van der Waals surface area contributed by atoms with Crippen LogP contribution >= 0.6 is 0 Å². The number of nitrogens with zero attached hydrogens (tertiary/aromatic N) is 2. The first-order chi connectivity index (χ1) is 14.0. The number of β-amino-alcohol motifs (C(OH)–C–C–N with tert-alkyl or cyclic N) is 1. The second kappa shape index (κ2) is 10.4. The number of anilines is 1. The molecule has 1 heterocycles. The third kappa shape index (κ3) is 6.56. The van der Waals surface area contributed by atoms with Gasteiger partial charge in [-0.3, -0.25) is 14.6 Å². The van der Waals surface area contributed by atoms with Crippen molar-refractivity contribution in [1.82, 2.24) is 9.80 Å². The summed E-state index contributed by atoms with van der Waals surface area (Å²) in [6, 6.07) is 15.5. The highest BCUT2D eigenvalue weighted by atomic mass is 16.5. The monoisotopic (exact) mass is 397 g/mol. The van der Waals surface area contributed by atoms with Crippen LogP contribution in [0.4, 0.5) is 5.69 Å². The summed E-state index contributed by atoms with van der Waals surface area (Å²) in [7, 11) is 0. The number of piperazine rings is 1. The summed E-state index contributed by atoms with van der Waals surface area (Å²) in [5.74, 6) is 0.790. The fraction of sp³-hybridized carbons (Fsp3) is 0.435. The van der Waals surface area contributed by atoms with Gasteiger partial charge in [0, 0.05) is 38.4 Å². The van der Waals surface area contributed by atoms with Crippen LogP contribution in [0, 0.1) is 13.8 Å². The number of para-hydroxylation sites is 2. The van der Waals surface area contributed by atoms with Gasteiger partial charge in [0.2, 0.25) is 5.91 Å². The second-order valence-corrected chi connectivity index (χ2v) is 7.67. The number of hydrogen-bond acceptors (Lipinski definition) is 5. The minimum atomic E-state index is -0.533. The number of rotatable bonds is 8. The van der Waals surface area contributed by atoms with Crippen molar-refractivity contribution in [3.05, 3.63) is 59.7 Å². The van der Waals surface area contributed by atoms with E-state index in [0.717, 1.165) is 48.7 Å². The molecule has 156 valence electrons. The molecule has 2 aromatic rings. The van der Waals surface area contributed by atoms with E-state index in [-0.39, 0.29) is 12.5 Å². The molecule has 29 heavy (non-hydrogen) atoms. The third-order valence-corrected chi connectivity index (χ3v) is 5.23. The summed E-state index contributed by atoms with van der Waals surface area (Å²) in [6.07, 6.45) is -0.533. The molecule has 1 amide bonds. The zero-order chi connectivity index (χ0) is 20.6. The number of aliphatic hydroxyl groups is 1. The fourth-order valence-corrected chi connectivity index (χ4v) is 3.58. The maximum Gasteiger partial charge on any atom is 0.238 e. The van der Waals surface area contributed by atoms with Gasteiger partial charge in [0.15, 0.2) is 0 Å². The van der Waals surface area contributed by atoms with Crippen LogP contribution in [0.1, 0.15) is 11.1 Å². The highest BCUT2D eigenvalue weighted by Crippen LogP contribution is 2.19. The van der Waals surface area contributed by atoms with Crippen molar-refractivity contribution in [3.8, 4) is 5.75 Å². The topological polar surface area (TPSA) is 65.0 Å². The number of carbonyl (C=O) groups excluding carboxylic acids is 1. The Balaban J connectivity index is 1.37. The van der Waals surface area contributed by atoms with Gasteiger partial charge in [-0.1, -0.05) is 36.4 Å². The Morgan fingerprint density at radius 3 is 2.28 bits per heavy atom. The molecule has 2 N–H and O–H groups in total. The van der Waals surface area contributed by atoms with Gasteiger partial charge in [0.05, 0.1) is 6.54 Å². The summed E-state index contributed by atoms with van der Waals surface area (Å²) < 4.78 is 5.62. The van der Waals surface area contributed by atoms with Crippen LogP contribution in [0.5, 0.6) is 5.75 Å². The average molecular weight is 398 g/mol. The summed E-state index contributed by atoms with van der Waals surface area (Å²) in [6.45, 7) is 8.55. The number of amides is 1. The highest BCUT2D eigenvalue weighted by Gasteiger charge is 2.21. The van der Waals surface area contributed by atoms with E-state index < -0.39 is 6.10 Å². The molecule has 0 aromatic heterocycles. The number of carbonyl (C=O) groups is 1. The Labute approximate surface area is 173 Å². The SMILES string of the molecule is Cc1cccc(C)c1NC(=O)CN1CCN(CC(O)COc2ccccc2)CC1. The molecule has 6 nitrogen and oxygen atoms in total. The molecular weight excluding hydrogens is 366 g/mol. The van der Waals surface area contributed by atoms with Crippen LogP contribution in [-0.2, 0) is 4.79 Å². The Morgan fingerprint density at radius 2 is 1.62 bits per heavy atom. The van der Waals surface area contributed by atoms with E-state index in [4.69, 9.17) is 4.74 Å². The predicted molar refractivity (Wildman–Crippen MR) is 115 cm³/mol. The van der Waals surface area contributed by atoms with Crippen molar-refractivity contribution in [1.29, 1.82) is 0 Å². The molecule has 2 aromatic carbocycles. The minimum absolute atomic E-state index is 0.0205. The van der Waals surface area contributed by atoms with Crippen LogP contribution in [0.3, 0.4) is 0 Å². The highest BCUT2D eigenvalue weighted by molar-refractivity contribution is 5.93. The predicted octanol–water partition coefficient (Wildman–Crippen LogP) is 2.30. The lowest BCUT2D eigenvalue weighted by Crippen LogP contribution is -2.50. The van der Waals surface area contributed by atoms with Gasteiger partial charge in [0.25, 0.3) is 0 Å². The van der Waals surface area contributed by atoms with Crippen LogP contribution in [0.2, 0.25) is 0 Å². The molecule has 6 heteroatoms. The first-order valence-corrected chi connectivity index (χ1v) is 10.2. The Kier molecular flexibility index (Phi) is 7.63. The van der Waals surface area contributed by atoms with Crippen molar-refractivity contribution < 1.29 is 14.6 Å². The number of aliphatic hydroxyl groups excluding tert-OH is 1. The van der Waals surface area contributed by atoms with Crippen molar-refractivity contribution in [2.75, 3.05) is 51.2 Å². The smallest absolute Gasteiger partial charge is 0.238 e. The van der Waals surface area contributed by atoms with E-state index >= 15 is 0 Å². The van der Waals surface area contributed by atoms with E-state index in [1.165, 1.54) is 0 Å². The molecule has 0 aliphatic carbocycles. The summed E-state index contributed by atoms with van der Waals surface area (Å²) in [4.78, 5) is 16.8. The van der Waals surface area contributed by atoms with Gasteiger partial charge in [-0.2, -0.15) is 0 Å². The zero-order valence-electron chi connectivity index (χ0n) is 17.3. The second-order valence-electron chi connectivity index (χ2n) is 7.67. The molecule has 1 aliphatic heterocycles. The van der Waals surface area contributed by atoms with Gasteiger partial charge in [-0.25, -0.2) is 0 Å². The van der Waals surface area contributed by atoms with E-state index in [9.17, 15) is 9.90 Å². The minimum Gasteiger partial charge on any atom is -0.491 e. The standard InChI is InChI=1S/C23H31N3O3/c1-18-7-6-8-19(2)23(18)24-22(28)16-26-13-11-25(12-14-26)15-20(27)17-29-21-9-4-3-5-10-21/h3-10,20,27H,11-17H2,1-2H3,(H,24,28).